The molecule has 0 bridgehead atoms. The van der Waals surface area contributed by atoms with E-state index in [1.807, 2.05) is 18.5 Å². The molecule has 0 unspecified atom stereocenters. The highest BCUT2D eigenvalue weighted by Crippen LogP contribution is 2.41. The van der Waals surface area contributed by atoms with Crippen LogP contribution in [0.4, 0.5) is 5.69 Å². The fourth-order valence-electron chi connectivity index (χ4n) is 2.93. The van der Waals surface area contributed by atoms with E-state index in [1.54, 1.807) is 0 Å². The molecule has 3 rings (SSSR count). The zero-order chi connectivity index (χ0) is 12.3. The molecule has 1 heterocycles. The molecule has 1 aromatic heterocycles. The Kier molecular flexibility index (Phi) is 3.01. The van der Waals surface area contributed by atoms with Crippen LogP contribution in [0.1, 0.15) is 31.2 Å². The van der Waals surface area contributed by atoms with Crippen LogP contribution in [0.3, 0.4) is 0 Å². The normalized spacial score (nSPS) is 17.6. The number of hydrogen-bond donors (Lipinski definition) is 1. The minimum atomic E-state index is 0.101. The number of hydrogen-bond acceptors (Lipinski definition) is 2. The maximum atomic E-state index is 4.19. The summed E-state index contributed by atoms with van der Waals surface area (Å²) >= 11 is 0. The lowest BCUT2D eigenvalue weighted by Gasteiger charge is -2.32. The first-order valence-electron chi connectivity index (χ1n) is 6.63. The van der Waals surface area contributed by atoms with E-state index in [4.69, 9.17) is 0 Å². The molecule has 1 N–H and O–H groups in total. The minimum Gasteiger partial charge on any atom is -0.374 e. The zero-order valence-electron chi connectivity index (χ0n) is 10.5. The van der Waals surface area contributed by atoms with Crippen molar-refractivity contribution in [2.45, 2.75) is 31.2 Å². The third-order valence-electron chi connectivity index (χ3n) is 3.83. The van der Waals surface area contributed by atoms with Gasteiger partial charge in [0.05, 0.1) is 11.2 Å². The van der Waals surface area contributed by atoms with Crippen LogP contribution in [0, 0.1) is 0 Å². The Bertz CT molecular complexity index is 487. The lowest BCUT2D eigenvalue weighted by molar-refractivity contribution is 0.508. The van der Waals surface area contributed by atoms with Crippen molar-refractivity contribution < 1.29 is 0 Å². The summed E-state index contributed by atoms with van der Waals surface area (Å²) in [7, 11) is 0. The Balaban J connectivity index is 1.93. The van der Waals surface area contributed by atoms with Crippen molar-refractivity contribution in [2.24, 2.45) is 0 Å². The van der Waals surface area contributed by atoms with Gasteiger partial charge >= 0.3 is 0 Å². The fraction of sp³-hybridized carbons (Fsp3) is 0.312. The Morgan fingerprint density at radius 2 is 1.72 bits per heavy atom. The molecule has 2 nitrogen and oxygen atoms in total. The largest absolute Gasteiger partial charge is 0.374 e. The van der Waals surface area contributed by atoms with Crippen LogP contribution in [0.2, 0.25) is 0 Å². The highest BCUT2D eigenvalue weighted by Gasteiger charge is 2.35. The summed E-state index contributed by atoms with van der Waals surface area (Å²) in [5.41, 5.74) is 2.61. The van der Waals surface area contributed by atoms with E-state index in [0.717, 1.165) is 5.69 Å². The average Bonchev–Trinajstić information content (AvgIpc) is 2.91. The first kappa shape index (κ1) is 11.3. The summed E-state index contributed by atoms with van der Waals surface area (Å²) in [5.74, 6) is 0. The van der Waals surface area contributed by atoms with Gasteiger partial charge in [-0.2, -0.15) is 0 Å². The van der Waals surface area contributed by atoms with E-state index in [2.05, 4.69) is 46.7 Å². The Morgan fingerprint density at radius 1 is 0.944 bits per heavy atom. The van der Waals surface area contributed by atoms with Gasteiger partial charge in [0.2, 0.25) is 0 Å². The Morgan fingerprint density at radius 3 is 2.39 bits per heavy atom. The van der Waals surface area contributed by atoms with E-state index < -0.39 is 0 Å². The SMILES string of the molecule is c1ccc(C2(Nc3cccnc3)CCCC2)cc1. The van der Waals surface area contributed by atoms with Gasteiger partial charge in [0.1, 0.15) is 0 Å². The van der Waals surface area contributed by atoms with Gasteiger partial charge in [-0.05, 0) is 30.5 Å². The maximum Gasteiger partial charge on any atom is 0.0625 e. The molecule has 1 saturated carbocycles. The van der Waals surface area contributed by atoms with Crippen LogP contribution >= 0.6 is 0 Å². The third kappa shape index (κ3) is 2.10. The quantitative estimate of drug-likeness (QED) is 0.875. The Hall–Kier alpha value is -1.83. The monoisotopic (exact) mass is 238 g/mol. The molecule has 2 aromatic rings. The molecule has 0 saturated heterocycles. The van der Waals surface area contributed by atoms with Crippen LogP contribution in [0.5, 0.6) is 0 Å². The summed E-state index contributed by atoms with van der Waals surface area (Å²) in [5, 5.41) is 3.71. The molecule has 1 aromatic carbocycles. The van der Waals surface area contributed by atoms with Crippen molar-refractivity contribution >= 4 is 5.69 Å². The van der Waals surface area contributed by atoms with Crippen molar-refractivity contribution in [1.82, 2.24) is 4.98 Å². The molecular weight excluding hydrogens is 220 g/mol. The molecular formula is C16H18N2. The molecule has 1 fully saturated rings. The number of anilines is 1. The number of pyridine rings is 1. The first-order valence-corrected chi connectivity index (χ1v) is 6.63. The van der Waals surface area contributed by atoms with Gasteiger partial charge in [-0.1, -0.05) is 43.2 Å². The van der Waals surface area contributed by atoms with E-state index >= 15 is 0 Å². The minimum absolute atomic E-state index is 0.101. The van der Waals surface area contributed by atoms with Gasteiger partial charge in [-0.15, -0.1) is 0 Å². The molecule has 1 aliphatic carbocycles. The lowest BCUT2D eigenvalue weighted by atomic mass is 9.88. The van der Waals surface area contributed by atoms with Gasteiger partial charge in [0.15, 0.2) is 0 Å². The smallest absolute Gasteiger partial charge is 0.0625 e. The predicted octanol–water partition coefficient (Wildman–Crippen LogP) is 3.96. The second-order valence-electron chi connectivity index (χ2n) is 5.02. The summed E-state index contributed by atoms with van der Waals surface area (Å²) in [6, 6.07) is 14.9. The van der Waals surface area contributed by atoms with Gasteiger partial charge < -0.3 is 5.32 Å². The highest BCUT2D eigenvalue weighted by molar-refractivity contribution is 5.46. The highest BCUT2D eigenvalue weighted by atomic mass is 15.0. The molecule has 0 amide bonds. The zero-order valence-corrected chi connectivity index (χ0v) is 10.5. The van der Waals surface area contributed by atoms with E-state index in [-0.39, 0.29) is 5.54 Å². The van der Waals surface area contributed by atoms with Crippen LogP contribution in [-0.4, -0.2) is 4.98 Å². The van der Waals surface area contributed by atoms with Crippen molar-refractivity contribution in [3.05, 3.63) is 60.4 Å². The summed E-state index contributed by atoms with van der Waals surface area (Å²) in [4.78, 5) is 4.19. The van der Waals surface area contributed by atoms with Crippen LogP contribution in [0.25, 0.3) is 0 Å². The molecule has 0 spiro atoms. The topological polar surface area (TPSA) is 24.9 Å². The second-order valence-corrected chi connectivity index (χ2v) is 5.02. The lowest BCUT2D eigenvalue weighted by Crippen LogP contribution is -2.32. The van der Waals surface area contributed by atoms with Gasteiger partial charge in [-0.25, -0.2) is 0 Å². The molecule has 18 heavy (non-hydrogen) atoms. The van der Waals surface area contributed by atoms with Crippen LogP contribution < -0.4 is 5.32 Å². The summed E-state index contributed by atoms with van der Waals surface area (Å²) < 4.78 is 0. The molecule has 92 valence electrons. The fourth-order valence-corrected chi connectivity index (χ4v) is 2.93. The Labute approximate surface area is 108 Å². The predicted molar refractivity (Wildman–Crippen MR) is 74.4 cm³/mol. The molecule has 1 aliphatic rings. The average molecular weight is 238 g/mol. The van der Waals surface area contributed by atoms with Crippen molar-refractivity contribution in [3.63, 3.8) is 0 Å². The number of aromatic nitrogens is 1. The molecule has 0 radical (unpaired) electrons. The maximum absolute atomic E-state index is 4.19. The summed E-state index contributed by atoms with van der Waals surface area (Å²) in [6.07, 6.45) is 8.71. The van der Waals surface area contributed by atoms with Crippen molar-refractivity contribution in [3.8, 4) is 0 Å². The van der Waals surface area contributed by atoms with Crippen LogP contribution in [0.15, 0.2) is 54.9 Å². The van der Waals surface area contributed by atoms with Gasteiger partial charge in [-0.3, -0.25) is 4.98 Å². The second kappa shape index (κ2) is 4.81. The van der Waals surface area contributed by atoms with E-state index in [1.165, 1.54) is 31.2 Å². The summed E-state index contributed by atoms with van der Waals surface area (Å²) in [6.45, 7) is 0. The standard InChI is InChI=1S/C16H18N2/c1-2-7-14(8-3-1)16(10-4-5-11-16)18-15-9-6-12-17-13-15/h1-3,6-9,12-13,18H,4-5,10-11H2. The number of nitrogens with one attached hydrogen (secondary N) is 1. The van der Waals surface area contributed by atoms with Crippen molar-refractivity contribution in [1.29, 1.82) is 0 Å². The molecule has 2 heteroatoms. The third-order valence-corrected chi connectivity index (χ3v) is 3.83. The molecule has 0 aliphatic heterocycles. The molecule has 0 atom stereocenters. The van der Waals surface area contributed by atoms with Gasteiger partial charge in [0.25, 0.3) is 0 Å². The number of benzene rings is 1. The van der Waals surface area contributed by atoms with E-state index in [0.29, 0.717) is 0 Å². The first-order chi connectivity index (χ1) is 8.89. The number of rotatable bonds is 3. The van der Waals surface area contributed by atoms with Crippen LogP contribution in [-0.2, 0) is 5.54 Å². The van der Waals surface area contributed by atoms with E-state index in [9.17, 15) is 0 Å². The van der Waals surface area contributed by atoms with Gasteiger partial charge in [0, 0.05) is 12.4 Å². The number of nitrogens with zero attached hydrogens (tertiary/aromatic N) is 1. The van der Waals surface area contributed by atoms with Crippen molar-refractivity contribution in [2.75, 3.05) is 5.32 Å².